The molecule has 2 atom stereocenters. The summed E-state index contributed by atoms with van der Waals surface area (Å²) in [5.74, 6) is 0. The summed E-state index contributed by atoms with van der Waals surface area (Å²) in [6.07, 6.45) is 2.92. The summed E-state index contributed by atoms with van der Waals surface area (Å²) >= 11 is 11.0. The minimum absolute atomic E-state index is 0.0867. The van der Waals surface area contributed by atoms with Crippen molar-refractivity contribution < 1.29 is 0 Å². The van der Waals surface area contributed by atoms with Crippen molar-refractivity contribution in [1.82, 2.24) is 20.1 Å². The lowest BCUT2D eigenvalue weighted by atomic mass is 10.0. The van der Waals surface area contributed by atoms with E-state index in [1.54, 1.807) is 11.3 Å². The molecule has 2 aromatic heterocycles. The summed E-state index contributed by atoms with van der Waals surface area (Å²) in [4.78, 5) is 10.4. The van der Waals surface area contributed by atoms with Crippen LogP contribution in [0, 0.1) is 0 Å². The van der Waals surface area contributed by atoms with Crippen LogP contribution in [0.2, 0.25) is 0 Å². The lowest BCUT2D eigenvalue weighted by molar-refractivity contribution is 0.296. The van der Waals surface area contributed by atoms with Crippen LogP contribution in [-0.2, 0) is 0 Å². The summed E-state index contributed by atoms with van der Waals surface area (Å²) in [5, 5.41) is 4.31. The minimum atomic E-state index is 0.0867. The quantitative estimate of drug-likeness (QED) is 0.712. The highest BCUT2D eigenvalue weighted by Crippen LogP contribution is 2.42. The van der Waals surface area contributed by atoms with Crippen LogP contribution in [0.3, 0.4) is 0 Å². The number of halogens is 1. The molecular weight excluding hydrogens is 404 g/mol. The molecule has 1 saturated heterocycles. The zero-order valence-corrected chi connectivity index (χ0v) is 17.0. The van der Waals surface area contributed by atoms with Crippen LogP contribution < -0.4 is 5.32 Å². The van der Waals surface area contributed by atoms with Gasteiger partial charge in [-0.25, -0.2) is 0 Å². The van der Waals surface area contributed by atoms with Crippen molar-refractivity contribution in [2.75, 3.05) is 27.2 Å². The Balaban J connectivity index is 1.88. The van der Waals surface area contributed by atoms with Crippen LogP contribution in [-0.4, -0.2) is 47.1 Å². The molecule has 3 heterocycles. The van der Waals surface area contributed by atoms with Crippen molar-refractivity contribution in [2.45, 2.75) is 18.5 Å². The Hall–Kier alpha value is -1.02. The van der Waals surface area contributed by atoms with Crippen LogP contribution in [0.4, 0.5) is 0 Å². The van der Waals surface area contributed by atoms with Gasteiger partial charge in [-0.05, 0) is 79.5 Å². The Kier molecular flexibility index (Phi) is 5.86. The molecule has 1 aliphatic rings. The van der Waals surface area contributed by atoms with Crippen molar-refractivity contribution in [3.8, 4) is 0 Å². The zero-order chi connectivity index (χ0) is 17.1. The van der Waals surface area contributed by atoms with Gasteiger partial charge in [0.15, 0.2) is 5.11 Å². The molecule has 0 spiro atoms. The van der Waals surface area contributed by atoms with Crippen molar-refractivity contribution in [3.05, 3.63) is 50.9 Å². The first-order valence-electron chi connectivity index (χ1n) is 7.94. The average molecular weight is 425 g/mol. The molecule has 1 N–H and O–H groups in total. The largest absolute Gasteiger partial charge is 0.352 e. The monoisotopic (exact) mass is 424 g/mol. The molecule has 0 bridgehead atoms. The van der Waals surface area contributed by atoms with Crippen molar-refractivity contribution in [3.63, 3.8) is 0 Å². The third-order valence-corrected chi connectivity index (χ3v) is 6.13. The van der Waals surface area contributed by atoms with Crippen LogP contribution in [0.25, 0.3) is 0 Å². The van der Waals surface area contributed by atoms with E-state index in [1.165, 1.54) is 4.88 Å². The molecule has 0 unspecified atom stereocenters. The van der Waals surface area contributed by atoms with Gasteiger partial charge in [0.1, 0.15) is 0 Å². The maximum absolute atomic E-state index is 5.65. The van der Waals surface area contributed by atoms with Gasteiger partial charge in [0.05, 0.1) is 21.6 Å². The minimum Gasteiger partial charge on any atom is -0.352 e. The number of rotatable bonds is 6. The fraction of sp³-hybridized carbons (Fsp3) is 0.412. The molecule has 128 valence electrons. The number of hydrogen-bond donors (Lipinski definition) is 1. The van der Waals surface area contributed by atoms with Gasteiger partial charge >= 0.3 is 0 Å². The highest BCUT2D eigenvalue weighted by atomic mass is 79.9. The lowest BCUT2D eigenvalue weighted by Crippen LogP contribution is -2.32. The summed E-state index contributed by atoms with van der Waals surface area (Å²) in [5.41, 5.74) is 1.03. The Morgan fingerprint density at radius 2 is 2.17 bits per heavy atom. The van der Waals surface area contributed by atoms with Crippen molar-refractivity contribution in [1.29, 1.82) is 0 Å². The summed E-state index contributed by atoms with van der Waals surface area (Å²) < 4.78 is 1.14. The second-order valence-corrected chi connectivity index (χ2v) is 9.00. The standard InChI is InChI=1S/C17H21BrN4S2/c1-21(2)10-5-11-22-16(13-7-8-14(18)24-13)15(20-17(22)23)12-6-3-4-9-19-12/h3-4,6-9,15-16H,5,10-11H2,1-2H3,(H,20,23)/t15-,16+/m1/s1. The zero-order valence-electron chi connectivity index (χ0n) is 13.8. The van der Waals surface area contributed by atoms with E-state index in [-0.39, 0.29) is 12.1 Å². The second kappa shape index (κ2) is 7.91. The molecule has 0 aliphatic carbocycles. The molecule has 7 heteroatoms. The van der Waals surface area contributed by atoms with Gasteiger partial charge in [-0.3, -0.25) is 4.98 Å². The number of pyridine rings is 1. The summed E-state index contributed by atoms with van der Waals surface area (Å²) in [7, 11) is 4.20. The molecule has 0 radical (unpaired) electrons. The van der Waals surface area contributed by atoms with E-state index in [0.29, 0.717) is 0 Å². The van der Waals surface area contributed by atoms with E-state index in [1.807, 2.05) is 18.3 Å². The maximum Gasteiger partial charge on any atom is 0.170 e. The molecule has 0 aromatic carbocycles. The number of nitrogens with zero attached hydrogens (tertiary/aromatic N) is 3. The van der Waals surface area contributed by atoms with E-state index in [2.05, 4.69) is 68.3 Å². The SMILES string of the molecule is CN(C)CCCN1C(=S)N[C@H](c2ccccn2)[C@@H]1c1ccc(Br)s1. The Labute approximate surface area is 161 Å². The molecule has 2 aromatic rings. The van der Waals surface area contributed by atoms with Gasteiger partial charge in [-0.2, -0.15) is 0 Å². The average Bonchev–Trinajstić information content (AvgIpc) is 3.12. The topological polar surface area (TPSA) is 31.4 Å². The number of thiocarbonyl (C=S) groups is 1. The molecule has 0 amide bonds. The van der Waals surface area contributed by atoms with Gasteiger partial charge in [-0.15, -0.1) is 11.3 Å². The van der Waals surface area contributed by atoms with Crippen LogP contribution >= 0.6 is 39.5 Å². The van der Waals surface area contributed by atoms with Gasteiger partial charge < -0.3 is 15.1 Å². The highest BCUT2D eigenvalue weighted by Gasteiger charge is 2.40. The summed E-state index contributed by atoms with van der Waals surface area (Å²) in [6, 6.07) is 10.6. The van der Waals surface area contributed by atoms with E-state index in [0.717, 1.165) is 34.1 Å². The fourth-order valence-electron chi connectivity index (χ4n) is 3.00. The van der Waals surface area contributed by atoms with Crippen molar-refractivity contribution in [2.24, 2.45) is 0 Å². The molecule has 1 aliphatic heterocycles. The van der Waals surface area contributed by atoms with Gasteiger partial charge in [-0.1, -0.05) is 6.07 Å². The number of aromatic nitrogens is 1. The molecule has 3 rings (SSSR count). The van der Waals surface area contributed by atoms with Crippen LogP contribution in [0.15, 0.2) is 40.3 Å². The third-order valence-electron chi connectivity index (χ3n) is 4.09. The second-order valence-electron chi connectivity index (χ2n) is 6.12. The van der Waals surface area contributed by atoms with E-state index >= 15 is 0 Å². The molecular formula is C17H21BrN4S2. The van der Waals surface area contributed by atoms with Gasteiger partial charge in [0.2, 0.25) is 0 Å². The summed E-state index contributed by atoms with van der Waals surface area (Å²) in [6.45, 7) is 1.99. The third kappa shape index (κ3) is 3.96. The Bertz CT molecular complexity index is 689. The number of nitrogens with one attached hydrogen (secondary N) is 1. The van der Waals surface area contributed by atoms with E-state index in [9.17, 15) is 0 Å². The van der Waals surface area contributed by atoms with Gasteiger partial charge in [0.25, 0.3) is 0 Å². The van der Waals surface area contributed by atoms with E-state index < -0.39 is 0 Å². The molecule has 4 nitrogen and oxygen atoms in total. The predicted octanol–water partition coefficient (Wildman–Crippen LogP) is 3.83. The van der Waals surface area contributed by atoms with Crippen LogP contribution in [0.1, 0.15) is 29.1 Å². The van der Waals surface area contributed by atoms with E-state index in [4.69, 9.17) is 12.2 Å². The maximum atomic E-state index is 5.65. The molecule has 24 heavy (non-hydrogen) atoms. The van der Waals surface area contributed by atoms with Crippen molar-refractivity contribution >= 4 is 44.6 Å². The number of hydrogen-bond acceptors (Lipinski definition) is 4. The first kappa shape index (κ1) is 17.8. The smallest absolute Gasteiger partial charge is 0.170 e. The first-order chi connectivity index (χ1) is 11.6. The lowest BCUT2D eigenvalue weighted by Gasteiger charge is -2.27. The molecule has 0 saturated carbocycles. The number of thiophene rings is 1. The Morgan fingerprint density at radius 1 is 1.33 bits per heavy atom. The first-order valence-corrected chi connectivity index (χ1v) is 9.96. The normalized spacial score (nSPS) is 20.7. The predicted molar refractivity (Wildman–Crippen MR) is 107 cm³/mol. The molecule has 1 fully saturated rings. The highest BCUT2D eigenvalue weighted by molar-refractivity contribution is 9.11. The Morgan fingerprint density at radius 3 is 2.79 bits per heavy atom. The van der Waals surface area contributed by atoms with Crippen LogP contribution in [0.5, 0.6) is 0 Å². The fourth-order valence-corrected chi connectivity index (χ4v) is 4.91. The van der Waals surface area contributed by atoms with Gasteiger partial charge in [0, 0.05) is 17.6 Å².